The molecule has 0 fully saturated rings. The summed E-state index contributed by atoms with van der Waals surface area (Å²) in [6.45, 7) is 5.07. The summed E-state index contributed by atoms with van der Waals surface area (Å²) in [5.74, 6) is 0.429. The van der Waals surface area contributed by atoms with Crippen LogP contribution in [0, 0.1) is 5.92 Å². The molecule has 0 unspecified atom stereocenters. The Balaban J connectivity index is 2.51. The molecule has 110 valence electrons. The fourth-order valence-electron chi connectivity index (χ4n) is 1.53. The quantitative estimate of drug-likeness (QED) is 0.682. The van der Waals surface area contributed by atoms with E-state index in [0.29, 0.717) is 24.8 Å². The van der Waals surface area contributed by atoms with Gasteiger partial charge in [-0.05, 0) is 12.0 Å². The van der Waals surface area contributed by atoms with Crippen molar-refractivity contribution in [3.63, 3.8) is 0 Å². The molecule has 1 rings (SSSR count). The van der Waals surface area contributed by atoms with Crippen molar-refractivity contribution in [1.29, 1.82) is 0 Å². The number of hydrogen-bond acceptors (Lipinski definition) is 4. The molecule has 0 amide bonds. The summed E-state index contributed by atoms with van der Waals surface area (Å²) in [6, 6.07) is 1.46. The molecule has 2 N–H and O–H groups in total. The number of aliphatic hydroxyl groups excluding tert-OH is 1. The summed E-state index contributed by atoms with van der Waals surface area (Å²) in [5.41, 5.74) is 0.552. The van der Waals surface area contributed by atoms with Gasteiger partial charge in [0.2, 0.25) is 10.0 Å². The van der Waals surface area contributed by atoms with Crippen molar-refractivity contribution in [2.45, 2.75) is 25.3 Å². The maximum Gasteiger partial charge on any atom is 0.242 e. The number of aliphatic hydroxyl groups is 1. The second-order valence-corrected chi connectivity index (χ2v) is 6.57. The van der Waals surface area contributed by atoms with Gasteiger partial charge in [0.05, 0.1) is 18.1 Å². The van der Waals surface area contributed by atoms with E-state index < -0.39 is 10.0 Å². The van der Waals surface area contributed by atoms with Crippen LogP contribution in [0.15, 0.2) is 17.2 Å². The lowest BCUT2D eigenvalue weighted by Crippen LogP contribution is -2.27. The summed E-state index contributed by atoms with van der Waals surface area (Å²) >= 11 is 0. The first-order valence-corrected chi connectivity index (χ1v) is 7.68. The van der Waals surface area contributed by atoms with Crippen LogP contribution >= 0.6 is 0 Å². The van der Waals surface area contributed by atoms with Crippen molar-refractivity contribution in [2.24, 2.45) is 13.0 Å². The second kappa shape index (κ2) is 7.04. The molecule has 0 saturated heterocycles. The summed E-state index contributed by atoms with van der Waals surface area (Å²) in [6.07, 6.45) is 1.48. The number of nitrogens with zero attached hydrogens (tertiary/aromatic N) is 1. The fourth-order valence-corrected chi connectivity index (χ4v) is 2.64. The highest BCUT2D eigenvalue weighted by Crippen LogP contribution is 2.12. The first-order valence-electron chi connectivity index (χ1n) is 6.20. The Labute approximate surface area is 114 Å². The molecule has 6 nitrogen and oxygen atoms in total. The molecule has 0 radical (unpaired) electrons. The average Bonchev–Trinajstić information content (AvgIpc) is 2.70. The van der Waals surface area contributed by atoms with Crippen molar-refractivity contribution in [2.75, 3.05) is 19.8 Å². The zero-order valence-electron chi connectivity index (χ0n) is 11.6. The number of sulfonamides is 1. The van der Waals surface area contributed by atoms with Crippen molar-refractivity contribution in [3.8, 4) is 0 Å². The van der Waals surface area contributed by atoms with E-state index in [4.69, 9.17) is 9.84 Å². The molecule has 1 aromatic heterocycles. The van der Waals surface area contributed by atoms with Crippen LogP contribution in [0.4, 0.5) is 0 Å². The fraction of sp³-hybridized carbons (Fsp3) is 0.667. The maximum atomic E-state index is 11.9. The Hall–Kier alpha value is -0.890. The topological polar surface area (TPSA) is 80.6 Å². The third kappa shape index (κ3) is 4.94. The van der Waals surface area contributed by atoms with Gasteiger partial charge in [-0.3, -0.25) is 0 Å². The van der Waals surface area contributed by atoms with E-state index in [-0.39, 0.29) is 18.0 Å². The highest BCUT2D eigenvalue weighted by molar-refractivity contribution is 7.89. The van der Waals surface area contributed by atoms with Crippen molar-refractivity contribution >= 4 is 10.0 Å². The molecule has 0 atom stereocenters. The summed E-state index contributed by atoms with van der Waals surface area (Å²) in [4.78, 5) is 0.155. The molecule has 0 bridgehead atoms. The minimum absolute atomic E-state index is 0.155. The molecule has 19 heavy (non-hydrogen) atoms. The van der Waals surface area contributed by atoms with E-state index in [9.17, 15) is 8.42 Å². The number of aryl methyl sites for hydroxylation is 1. The van der Waals surface area contributed by atoms with Crippen LogP contribution in [0.2, 0.25) is 0 Å². The smallest absolute Gasteiger partial charge is 0.242 e. The molecular weight excluding hydrogens is 268 g/mol. The van der Waals surface area contributed by atoms with E-state index in [1.54, 1.807) is 11.6 Å². The van der Waals surface area contributed by atoms with Crippen LogP contribution in [0.1, 0.15) is 19.5 Å². The monoisotopic (exact) mass is 290 g/mol. The summed E-state index contributed by atoms with van der Waals surface area (Å²) in [5, 5.41) is 9.04. The van der Waals surface area contributed by atoms with Crippen LogP contribution in [-0.2, 0) is 28.4 Å². The number of aromatic nitrogens is 1. The molecule has 0 spiro atoms. The first kappa shape index (κ1) is 16.2. The molecule has 0 aliphatic carbocycles. The van der Waals surface area contributed by atoms with E-state index in [2.05, 4.69) is 4.72 Å². The van der Waals surface area contributed by atoms with Gasteiger partial charge in [-0.2, -0.15) is 0 Å². The van der Waals surface area contributed by atoms with Gasteiger partial charge in [0.25, 0.3) is 0 Å². The highest BCUT2D eigenvalue weighted by Gasteiger charge is 2.16. The number of rotatable bonds is 8. The van der Waals surface area contributed by atoms with Gasteiger partial charge < -0.3 is 14.4 Å². The average molecular weight is 290 g/mol. The zero-order valence-corrected chi connectivity index (χ0v) is 12.4. The molecule has 0 saturated carbocycles. The van der Waals surface area contributed by atoms with Gasteiger partial charge in [0.1, 0.15) is 0 Å². The third-order valence-corrected chi connectivity index (χ3v) is 3.97. The molecule has 1 heterocycles. The Morgan fingerprint density at radius 1 is 1.47 bits per heavy atom. The number of hydrogen-bond donors (Lipinski definition) is 2. The van der Waals surface area contributed by atoms with Gasteiger partial charge in [-0.1, -0.05) is 13.8 Å². The lowest BCUT2D eigenvalue weighted by atomic mass is 10.2. The highest BCUT2D eigenvalue weighted by atomic mass is 32.2. The molecule has 0 aliphatic rings. The second-order valence-electron chi connectivity index (χ2n) is 4.80. The van der Waals surface area contributed by atoms with Crippen LogP contribution in [0.3, 0.4) is 0 Å². The van der Waals surface area contributed by atoms with Gasteiger partial charge in [0.15, 0.2) is 0 Å². The van der Waals surface area contributed by atoms with Gasteiger partial charge in [0, 0.05) is 32.1 Å². The van der Waals surface area contributed by atoms with Crippen LogP contribution in [0.25, 0.3) is 0 Å². The van der Waals surface area contributed by atoms with Crippen LogP contribution < -0.4 is 4.72 Å². The molecule has 1 aromatic rings. The maximum absolute atomic E-state index is 11.9. The normalized spacial score (nSPS) is 12.3. The summed E-state index contributed by atoms with van der Waals surface area (Å²) in [7, 11) is -1.84. The third-order valence-electron chi connectivity index (χ3n) is 2.54. The Bertz CT molecular complexity index is 494. The van der Waals surface area contributed by atoms with Crippen molar-refractivity contribution in [1.82, 2.24) is 9.29 Å². The molecule has 0 aliphatic heterocycles. The molecule has 7 heteroatoms. The first-order chi connectivity index (χ1) is 8.86. The van der Waals surface area contributed by atoms with Crippen LogP contribution in [-0.4, -0.2) is 37.8 Å². The SMILES string of the molecule is CC(C)COCCNS(=O)(=O)c1cc(CO)n(C)c1. The lowest BCUT2D eigenvalue weighted by Gasteiger charge is -2.07. The number of nitrogens with one attached hydrogen (secondary N) is 1. The Morgan fingerprint density at radius 2 is 2.16 bits per heavy atom. The summed E-state index contributed by atoms with van der Waals surface area (Å²) < 4.78 is 33.3. The zero-order chi connectivity index (χ0) is 14.5. The predicted molar refractivity (Wildman–Crippen MR) is 72.2 cm³/mol. The minimum atomic E-state index is -3.53. The van der Waals surface area contributed by atoms with Gasteiger partial charge in [-0.25, -0.2) is 13.1 Å². The standard InChI is InChI=1S/C12H22N2O4S/c1-10(2)9-18-5-4-13-19(16,17)12-6-11(8-15)14(3)7-12/h6-7,10,13,15H,4-5,8-9H2,1-3H3. The molecule has 0 aromatic carbocycles. The minimum Gasteiger partial charge on any atom is -0.390 e. The van der Waals surface area contributed by atoms with E-state index in [1.165, 1.54) is 12.3 Å². The van der Waals surface area contributed by atoms with Crippen molar-refractivity contribution in [3.05, 3.63) is 18.0 Å². The Kier molecular flexibility index (Phi) is 5.99. The Morgan fingerprint density at radius 3 is 2.68 bits per heavy atom. The van der Waals surface area contributed by atoms with E-state index >= 15 is 0 Å². The van der Waals surface area contributed by atoms with E-state index in [1.807, 2.05) is 13.8 Å². The van der Waals surface area contributed by atoms with Gasteiger partial charge in [-0.15, -0.1) is 0 Å². The predicted octanol–water partition coefficient (Wildman–Crippen LogP) is 0.468. The van der Waals surface area contributed by atoms with E-state index in [0.717, 1.165) is 0 Å². The largest absolute Gasteiger partial charge is 0.390 e. The van der Waals surface area contributed by atoms with Gasteiger partial charge >= 0.3 is 0 Å². The lowest BCUT2D eigenvalue weighted by molar-refractivity contribution is 0.114. The van der Waals surface area contributed by atoms with Crippen molar-refractivity contribution < 1.29 is 18.3 Å². The van der Waals surface area contributed by atoms with Crippen LogP contribution in [0.5, 0.6) is 0 Å². The molecular formula is C12H22N2O4S. The number of ether oxygens (including phenoxy) is 1.